The largest absolute Gasteiger partial charge is 0.493 e. The van der Waals surface area contributed by atoms with Gasteiger partial charge in [0.05, 0.1) is 7.11 Å². The molecule has 0 amide bonds. The molecule has 0 aromatic heterocycles. The summed E-state index contributed by atoms with van der Waals surface area (Å²) in [5.41, 5.74) is 1.06. The molecule has 22 heavy (non-hydrogen) atoms. The van der Waals surface area contributed by atoms with Crippen LogP contribution in [0.25, 0.3) is 0 Å². The number of halogens is 2. The Kier molecular flexibility index (Phi) is 4.08. The Morgan fingerprint density at radius 2 is 2.14 bits per heavy atom. The highest BCUT2D eigenvalue weighted by Gasteiger charge is 2.46. The van der Waals surface area contributed by atoms with E-state index in [1.54, 1.807) is 6.07 Å². The Bertz CT molecular complexity index is 576. The average molecular weight is 309 g/mol. The molecule has 0 unspecified atom stereocenters. The van der Waals surface area contributed by atoms with Crippen molar-refractivity contribution in [2.24, 2.45) is 0 Å². The first-order chi connectivity index (χ1) is 10.6. The summed E-state index contributed by atoms with van der Waals surface area (Å²) in [7, 11) is 3.63. The normalized spacial score (nSPS) is 28.0. The van der Waals surface area contributed by atoms with Crippen molar-refractivity contribution in [2.75, 3.05) is 20.7 Å². The number of likely N-dealkylation sites (N-methyl/N-ethyl adjacent to an activating group) is 1. The minimum atomic E-state index is -2.85. The van der Waals surface area contributed by atoms with Crippen molar-refractivity contribution in [1.29, 1.82) is 0 Å². The van der Waals surface area contributed by atoms with Crippen molar-refractivity contribution >= 4 is 0 Å². The molecular formula is C17H21F2NO2. The zero-order valence-electron chi connectivity index (χ0n) is 12.9. The highest BCUT2D eigenvalue weighted by molar-refractivity contribution is 5.48. The van der Waals surface area contributed by atoms with Gasteiger partial charge in [-0.15, -0.1) is 0 Å². The number of fused-ring (bicyclic) bond motifs is 1. The predicted molar refractivity (Wildman–Crippen MR) is 80.7 cm³/mol. The van der Waals surface area contributed by atoms with Gasteiger partial charge in [-0.1, -0.05) is 18.2 Å². The molecular weight excluding hydrogens is 288 g/mol. The monoisotopic (exact) mass is 309 g/mol. The third kappa shape index (κ3) is 2.47. The fourth-order valence-electron chi connectivity index (χ4n) is 3.88. The number of hydrogen-bond acceptors (Lipinski definition) is 3. The number of ether oxygens (including phenoxy) is 2. The van der Waals surface area contributed by atoms with Crippen LogP contribution in [0, 0.1) is 0 Å². The van der Waals surface area contributed by atoms with E-state index in [4.69, 9.17) is 4.74 Å². The summed E-state index contributed by atoms with van der Waals surface area (Å²) in [5, 5.41) is 0. The molecule has 2 aliphatic rings. The summed E-state index contributed by atoms with van der Waals surface area (Å²) >= 11 is 0. The van der Waals surface area contributed by atoms with E-state index in [0.717, 1.165) is 31.4 Å². The fraction of sp³-hybridized carbons (Fsp3) is 0.529. The molecule has 1 heterocycles. The van der Waals surface area contributed by atoms with Crippen LogP contribution in [0.4, 0.5) is 8.78 Å². The molecule has 1 aliphatic carbocycles. The molecule has 120 valence electrons. The molecule has 2 atom stereocenters. The van der Waals surface area contributed by atoms with E-state index in [9.17, 15) is 8.78 Å². The van der Waals surface area contributed by atoms with E-state index >= 15 is 0 Å². The van der Waals surface area contributed by atoms with Gasteiger partial charge < -0.3 is 14.4 Å². The number of allylic oxidation sites excluding steroid dienone is 1. The Morgan fingerprint density at radius 3 is 2.86 bits per heavy atom. The molecule has 5 heteroatoms. The van der Waals surface area contributed by atoms with Crippen molar-refractivity contribution in [3.05, 3.63) is 35.9 Å². The Hall–Kier alpha value is -1.62. The van der Waals surface area contributed by atoms with Gasteiger partial charge in [0.1, 0.15) is 0 Å². The number of alkyl halides is 2. The molecule has 3 nitrogen and oxygen atoms in total. The van der Waals surface area contributed by atoms with Gasteiger partial charge >= 0.3 is 6.61 Å². The van der Waals surface area contributed by atoms with Crippen LogP contribution >= 0.6 is 0 Å². The van der Waals surface area contributed by atoms with Crippen molar-refractivity contribution in [3.63, 3.8) is 0 Å². The minimum absolute atomic E-state index is 0.0519. The zero-order valence-corrected chi connectivity index (χ0v) is 12.9. The first-order valence-corrected chi connectivity index (χ1v) is 7.58. The third-order valence-electron chi connectivity index (χ3n) is 4.94. The topological polar surface area (TPSA) is 21.7 Å². The Labute approximate surface area is 129 Å². The van der Waals surface area contributed by atoms with Gasteiger partial charge in [-0.05, 0) is 50.6 Å². The van der Waals surface area contributed by atoms with Crippen LogP contribution in [0.2, 0.25) is 0 Å². The van der Waals surface area contributed by atoms with E-state index in [-0.39, 0.29) is 11.2 Å². The first-order valence-electron chi connectivity index (χ1n) is 7.58. The standard InChI is InChI=1S/C17H21F2NO2/c1-20-10-9-17(8-4-3-5-15(17)20)12-6-7-13(22-16(18)19)14(11-12)21-2/h4,6-8,11,15-16H,3,5,9-10H2,1-2H3/t15-,17-/m0/s1. The van der Waals surface area contributed by atoms with Crippen LogP contribution < -0.4 is 9.47 Å². The van der Waals surface area contributed by atoms with Crippen LogP contribution in [0.5, 0.6) is 11.5 Å². The van der Waals surface area contributed by atoms with Gasteiger partial charge in [-0.25, -0.2) is 0 Å². The Morgan fingerprint density at radius 1 is 1.32 bits per heavy atom. The lowest BCUT2D eigenvalue weighted by Gasteiger charge is -2.38. The summed E-state index contributed by atoms with van der Waals surface area (Å²) in [4.78, 5) is 2.39. The molecule has 1 aromatic rings. The van der Waals surface area contributed by atoms with E-state index in [1.165, 1.54) is 7.11 Å². The molecule has 0 N–H and O–H groups in total. The molecule has 1 fully saturated rings. The van der Waals surface area contributed by atoms with Crippen molar-refractivity contribution in [1.82, 2.24) is 4.90 Å². The smallest absolute Gasteiger partial charge is 0.387 e. The maximum atomic E-state index is 12.5. The summed E-state index contributed by atoms with van der Waals surface area (Å²) in [5.74, 6) is 0.444. The van der Waals surface area contributed by atoms with E-state index < -0.39 is 6.61 Å². The summed E-state index contributed by atoms with van der Waals surface area (Å²) in [6, 6.07) is 5.78. The molecule has 1 aromatic carbocycles. The van der Waals surface area contributed by atoms with Crippen LogP contribution in [0.15, 0.2) is 30.4 Å². The highest BCUT2D eigenvalue weighted by Crippen LogP contribution is 2.47. The second-order valence-electron chi connectivity index (χ2n) is 6.01. The minimum Gasteiger partial charge on any atom is -0.493 e. The molecule has 1 saturated heterocycles. The van der Waals surface area contributed by atoms with Gasteiger partial charge in [0, 0.05) is 11.5 Å². The number of rotatable bonds is 4. The van der Waals surface area contributed by atoms with Crippen molar-refractivity contribution in [2.45, 2.75) is 37.3 Å². The van der Waals surface area contributed by atoms with Crippen LogP contribution in [-0.2, 0) is 5.41 Å². The molecule has 0 radical (unpaired) electrons. The maximum Gasteiger partial charge on any atom is 0.387 e. The van der Waals surface area contributed by atoms with Crippen molar-refractivity contribution < 1.29 is 18.3 Å². The van der Waals surface area contributed by atoms with Crippen LogP contribution in [0.3, 0.4) is 0 Å². The highest BCUT2D eigenvalue weighted by atomic mass is 19.3. The molecule has 0 saturated carbocycles. The van der Waals surface area contributed by atoms with Gasteiger partial charge in [0.15, 0.2) is 11.5 Å². The van der Waals surface area contributed by atoms with E-state index in [0.29, 0.717) is 11.8 Å². The van der Waals surface area contributed by atoms with Crippen molar-refractivity contribution in [3.8, 4) is 11.5 Å². The molecule has 0 bridgehead atoms. The third-order valence-corrected chi connectivity index (χ3v) is 4.94. The van der Waals surface area contributed by atoms with E-state index in [1.807, 2.05) is 12.1 Å². The van der Waals surface area contributed by atoms with Gasteiger partial charge in [-0.3, -0.25) is 0 Å². The van der Waals surface area contributed by atoms with Gasteiger partial charge in [0.25, 0.3) is 0 Å². The quantitative estimate of drug-likeness (QED) is 0.793. The number of likely N-dealkylation sites (tertiary alicyclic amines) is 1. The lowest BCUT2D eigenvalue weighted by Crippen LogP contribution is -2.41. The predicted octanol–water partition coefficient (Wildman–Crippen LogP) is 3.59. The molecule has 1 aliphatic heterocycles. The zero-order chi connectivity index (χ0) is 15.7. The summed E-state index contributed by atoms with van der Waals surface area (Å²) in [6.07, 6.45) is 7.74. The summed E-state index contributed by atoms with van der Waals surface area (Å²) in [6.45, 7) is -1.81. The second-order valence-corrected chi connectivity index (χ2v) is 6.01. The first kappa shape index (κ1) is 15.3. The number of hydrogen-bond donors (Lipinski definition) is 0. The number of methoxy groups -OCH3 is 1. The molecule has 3 rings (SSSR count). The number of nitrogens with zero attached hydrogens (tertiary/aromatic N) is 1. The summed E-state index contributed by atoms with van der Waals surface area (Å²) < 4.78 is 34.7. The Balaban J connectivity index is 2.00. The fourth-order valence-corrected chi connectivity index (χ4v) is 3.88. The average Bonchev–Trinajstić information content (AvgIpc) is 2.86. The van der Waals surface area contributed by atoms with Crippen LogP contribution in [-0.4, -0.2) is 38.3 Å². The lowest BCUT2D eigenvalue weighted by molar-refractivity contribution is -0.0512. The number of benzene rings is 1. The SMILES string of the molecule is COc1cc([C@@]23C=CCC[C@@H]2N(C)CC3)ccc1OC(F)F. The van der Waals surface area contributed by atoms with Gasteiger partial charge in [0.2, 0.25) is 0 Å². The lowest BCUT2D eigenvalue weighted by atomic mass is 9.70. The molecule has 0 spiro atoms. The van der Waals surface area contributed by atoms with Gasteiger partial charge in [-0.2, -0.15) is 8.78 Å². The van der Waals surface area contributed by atoms with Crippen LogP contribution in [0.1, 0.15) is 24.8 Å². The maximum absolute atomic E-state index is 12.5. The van der Waals surface area contributed by atoms with E-state index in [2.05, 4.69) is 28.8 Å². The second kappa shape index (κ2) is 5.88.